The third kappa shape index (κ3) is 4.84. The minimum atomic E-state index is -2.29. The molecule has 1 aromatic heterocycles. The van der Waals surface area contributed by atoms with Gasteiger partial charge in [0.1, 0.15) is 17.2 Å². The van der Waals surface area contributed by atoms with Crippen molar-refractivity contribution in [2.75, 3.05) is 7.11 Å². The van der Waals surface area contributed by atoms with E-state index in [1.165, 1.54) is 36.8 Å². The number of amides is 1. The predicted octanol–water partition coefficient (Wildman–Crippen LogP) is 6.60. The molecule has 0 aliphatic carbocycles. The van der Waals surface area contributed by atoms with E-state index in [2.05, 4.69) is 10.5 Å². The van der Waals surface area contributed by atoms with Gasteiger partial charge in [-0.2, -0.15) is 13.9 Å². The molecule has 0 atom stereocenters. The number of halogens is 6. The first-order valence-electron chi connectivity index (χ1n) is 10.0. The summed E-state index contributed by atoms with van der Waals surface area (Å²) in [4.78, 5) is 12.8. The lowest BCUT2D eigenvalue weighted by Gasteiger charge is -2.13. The summed E-state index contributed by atoms with van der Waals surface area (Å²) in [6.07, 6.45) is 1.28. The van der Waals surface area contributed by atoms with Crippen LogP contribution in [0.2, 0.25) is 5.02 Å². The molecule has 0 saturated heterocycles. The third-order valence-corrected chi connectivity index (χ3v) is 6.64. The highest BCUT2D eigenvalue weighted by Gasteiger charge is 2.27. The Labute approximate surface area is 209 Å². The van der Waals surface area contributed by atoms with Gasteiger partial charge >= 0.3 is 0 Å². The van der Waals surface area contributed by atoms with Crippen LogP contribution in [0.5, 0.6) is 11.5 Å². The molecule has 0 aliphatic rings. The largest absolute Gasteiger partial charge is 0.496 e. The van der Waals surface area contributed by atoms with Crippen molar-refractivity contribution in [3.8, 4) is 11.5 Å². The normalized spacial score (nSPS) is 11.3. The number of hydrazone groups is 1. The molecule has 36 heavy (non-hydrogen) atoms. The Hall–Kier alpha value is -3.70. The number of thiophene rings is 1. The third-order valence-electron chi connectivity index (χ3n) is 4.97. The Kier molecular flexibility index (Phi) is 7.41. The minimum absolute atomic E-state index is 0.212. The monoisotopic (exact) mass is 540 g/mol. The van der Waals surface area contributed by atoms with Crippen molar-refractivity contribution in [1.82, 2.24) is 5.43 Å². The Morgan fingerprint density at radius 3 is 2.36 bits per heavy atom. The summed E-state index contributed by atoms with van der Waals surface area (Å²) in [6.45, 7) is -0.590. The molecule has 4 aromatic rings. The first kappa shape index (κ1) is 25.4. The number of hydrogen-bond acceptors (Lipinski definition) is 5. The highest BCUT2D eigenvalue weighted by molar-refractivity contribution is 7.21. The van der Waals surface area contributed by atoms with Crippen LogP contribution in [0.1, 0.15) is 20.8 Å². The lowest BCUT2D eigenvalue weighted by atomic mass is 10.1. The van der Waals surface area contributed by atoms with Gasteiger partial charge in [-0.1, -0.05) is 29.8 Å². The molecule has 0 fully saturated rings. The minimum Gasteiger partial charge on any atom is -0.496 e. The van der Waals surface area contributed by atoms with Gasteiger partial charge in [0, 0.05) is 15.6 Å². The number of rotatable bonds is 7. The molecule has 4 rings (SSSR count). The van der Waals surface area contributed by atoms with E-state index in [9.17, 15) is 26.7 Å². The first-order valence-corrected chi connectivity index (χ1v) is 11.2. The summed E-state index contributed by atoms with van der Waals surface area (Å²) in [5, 5.41) is 4.93. The van der Waals surface area contributed by atoms with Gasteiger partial charge in [0.25, 0.3) is 5.91 Å². The maximum atomic E-state index is 13.9. The van der Waals surface area contributed by atoms with Crippen LogP contribution in [-0.2, 0) is 6.61 Å². The zero-order chi connectivity index (χ0) is 26.0. The van der Waals surface area contributed by atoms with Crippen molar-refractivity contribution in [3.05, 3.63) is 92.6 Å². The molecule has 1 heterocycles. The topological polar surface area (TPSA) is 59.9 Å². The van der Waals surface area contributed by atoms with Crippen molar-refractivity contribution in [3.63, 3.8) is 0 Å². The SMILES string of the molecule is COc1ccc(/C=N\NC(=O)c2sc3ccccc3c2Cl)cc1COc1c(F)c(F)c(F)c(F)c1F. The zero-order valence-corrected chi connectivity index (χ0v) is 19.7. The summed E-state index contributed by atoms with van der Waals surface area (Å²) in [5.41, 5.74) is 2.99. The van der Waals surface area contributed by atoms with E-state index >= 15 is 0 Å². The van der Waals surface area contributed by atoms with Crippen LogP contribution in [0, 0.1) is 29.1 Å². The van der Waals surface area contributed by atoms with E-state index in [1.807, 2.05) is 12.1 Å². The van der Waals surface area contributed by atoms with Crippen molar-refractivity contribution < 1.29 is 36.2 Å². The fourth-order valence-electron chi connectivity index (χ4n) is 3.23. The maximum absolute atomic E-state index is 13.9. The van der Waals surface area contributed by atoms with E-state index in [0.29, 0.717) is 10.6 Å². The van der Waals surface area contributed by atoms with Crippen LogP contribution in [0.4, 0.5) is 22.0 Å². The first-order chi connectivity index (χ1) is 17.2. The van der Waals surface area contributed by atoms with E-state index in [4.69, 9.17) is 21.1 Å². The van der Waals surface area contributed by atoms with Crippen LogP contribution >= 0.6 is 22.9 Å². The van der Waals surface area contributed by atoms with Gasteiger partial charge in [-0.15, -0.1) is 11.3 Å². The molecule has 0 radical (unpaired) electrons. The average Bonchev–Trinajstić information content (AvgIpc) is 3.23. The summed E-state index contributed by atoms with van der Waals surface area (Å²) in [6, 6.07) is 11.7. The Balaban J connectivity index is 1.51. The molecule has 1 N–H and O–H groups in total. The predicted molar refractivity (Wildman–Crippen MR) is 125 cm³/mol. The van der Waals surface area contributed by atoms with Gasteiger partial charge in [0.05, 0.1) is 18.3 Å². The van der Waals surface area contributed by atoms with Crippen LogP contribution in [0.15, 0.2) is 47.6 Å². The van der Waals surface area contributed by atoms with E-state index in [1.54, 1.807) is 18.2 Å². The molecule has 12 heteroatoms. The summed E-state index contributed by atoms with van der Waals surface area (Å²) >= 11 is 7.49. The number of hydrogen-bond donors (Lipinski definition) is 1. The van der Waals surface area contributed by atoms with Crippen LogP contribution in [0.25, 0.3) is 10.1 Å². The van der Waals surface area contributed by atoms with E-state index < -0.39 is 47.3 Å². The lowest BCUT2D eigenvalue weighted by Crippen LogP contribution is -2.16. The number of carbonyl (C=O) groups excluding carboxylic acids is 1. The Morgan fingerprint density at radius 1 is 1.03 bits per heavy atom. The molecular weight excluding hydrogens is 527 g/mol. The standard InChI is InChI=1S/C24H14ClF5N2O3S/c1-34-14-7-6-11(8-12(14)10-35-22-20(29)18(27)17(26)19(28)21(22)30)9-31-32-24(33)23-16(25)13-4-2-3-5-15(13)36-23/h2-9H,10H2,1H3,(H,32,33)/b31-9-. The molecule has 0 unspecified atom stereocenters. The quantitative estimate of drug-likeness (QED) is 0.0944. The molecule has 0 aliphatic heterocycles. The van der Waals surface area contributed by atoms with Gasteiger partial charge < -0.3 is 9.47 Å². The van der Waals surface area contributed by atoms with Gasteiger partial charge in [0.2, 0.25) is 29.1 Å². The summed E-state index contributed by atoms with van der Waals surface area (Å²) in [7, 11) is 1.32. The number of carbonyl (C=O) groups is 1. The summed E-state index contributed by atoms with van der Waals surface area (Å²) < 4.78 is 78.8. The van der Waals surface area contributed by atoms with Crippen LogP contribution < -0.4 is 14.9 Å². The number of methoxy groups -OCH3 is 1. The number of ether oxygens (including phenoxy) is 2. The Bertz CT molecular complexity index is 1480. The second-order valence-electron chi connectivity index (χ2n) is 7.20. The van der Waals surface area contributed by atoms with Gasteiger partial charge in [-0.25, -0.2) is 18.6 Å². The smallest absolute Gasteiger partial charge is 0.283 e. The number of benzene rings is 3. The van der Waals surface area contributed by atoms with Crippen molar-refractivity contribution in [1.29, 1.82) is 0 Å². The molecule has 5 nitrogen and oxygen atoms in total. The van der Waals surface area contributed by atoms with E-state index in [-0.39, 0.29) is 16.2 Å². The second kappa shape index (κ2) is 10.5. The van der Waals surface area contributed by atoms with E-state index in [0.717, 1.165) is 10.1 Å². The molecule has 0 spiro atoms. The molecular formula is C24H14ClF5N2O3S. The van der Waals surface area contributed by atoms with Crippen molar-refractivity contribution in [2.45, 2.75) is 6.61 Å². The van der Waals surface area contributed by atoms with Gasteiger partial charge in [0.15, 0.2) is 5.75 Å². The number of nitrogens with zero attached hydrogens (tertiary/aromatic N) is 1. The van der Waals surface area contributed by atoms with Crippen molar-refractivity contribution in [2.24, 2.45) is 5.10 Å². The fourth-order valence-corrected chi connectivity index (χ4v) is 4.64. The highest BCUT2D eigenvalue weighted by atomic mass is 35.5. The fraction of sp³-hybridized carbons (Fsp3) is 0.0833. The van der Waals surface area contributed by atoms with Gasteiger partial charge in [-0.05, 0) is 29.8 Å². The number of nitrogens with one attached hydrogen (secondary N) is 1. The summed E-state index contributed by atoms with van der Waals surface area (Å²) in [5.74, 6) is -12.4. The average molecular weight is 541 g/mol. The lowest BCUT2D eigenvalue weighted by molar-refractivity contribution is 0.0959. The second-order valence-corrected chi connectivity index (χ2v) is 8.63. The molecule has 0 bridgehead atoms. The molecule has 186 valence electrons. The molecule has 3 aromatic carbocycles. The highest BCUT2D eigenvalue weighted by Crippen LogP contribution is 2.35. The molecule has 0 saturated carbocycles. The van der Waals surface area contributed by atoms with Crippen molar-refractivity contribution >= 4 is 45.1 Å². The maximum Gasteiger partial charge on any atom is 0.283 e. The van der Waals surface area contributed by atoms with Crippen LogP contribution in [-0.4, -0.2) is 19.2 Å². The van der Waals surface area contributed by atoms with Gasteiger partial charge in [-0.3, -0.25) is 4.79 Å². The molecule has 1 amide bonds. The van der Waals surface area contributed by atoms with Crippen LogP contribution in [0.3, 0.4) is 0 Å². The zero-order valence-electron chi connectivity index (χ0n) is 18.2. The Morgan fingerprint density at radius 2 is 1.69 bits per heavy atom. The number of fused-ring (bicyclic) bond motifs is 1.